The van der Waals surface area contributed by atoms with Crippen LogP contribution in [0, 0.1) is 0 Å². The standard InChI is InChI=1S/C32H28N6O5S/c1-41-25-16-21(11-10-20(25)18-37-12-14-42-15-13-37)35-30(39)28-27-26-29(33-19-34-31(26)44-28)38(32(40)36-27)22-6-5-9-24(17-22)43-23-7-3-2-4-8-23/h2-11,16-17,19H,12-15,18H2,1H3,(H,35,39)(H,36,40). The van der Waals surface area contributed by atoms with Crippen LogP contribution in [-0.4, -0.2) is 60.2 Å². The molecule has 2 aromatic heterocycles. The zero-order valence-electron chi connectivity index (χ0n) is 23.8. The number of para-hydroxylation sites is 1. The molecule has 0 aliphatic carbocycles. The Bertz CT molecular complexity index is 1860. The Labute approximate surface area is 257 Å². The first-order valence-electron chi connectivity index (χ1n) is 14.1. The quantitative estimate of drug-likeness (QED) is 0.212. The van der Waals surface area contributed by atoms with Crippen molar-refractivity contribution in [3.63, 3.8) is 0 Å². The molecule has 1 saturated heterocycles. The molecule has 0 bridgehead atoms. The van der Waals surface area contributed by atoms with E-state index in [-0.39, 0.29) is 5.91 Å². The van der Waals surface area contributed by atoms with Crippen LogP contribution >= 0.6 is 11.3 Å². The molecule has 0 atom stereocenters. The Kier molecular flexibility index (Phi) is 7.52. The van der Waals surface area contributed by atoms with E-state index in [2.05, 4.69) is 25.5 Å². The number of ether oxygens (including phenoxy) is 3. The SMILES string of the molecule is COc1cc(NC(=O)c2sc3ncnc4c3c2NC(=O)N4c2cccc(Oc3ccccc3)c2)ccc1CN1CCOCC1. The number of rotatable bonds is 8. The van der Waals surface area contributed by atoms with Crippen LogP contribution < -0.4 is 25.0 Å². The third kappa shape index (κ3) is 5.41. The smallest absolute Gasteiger partial charge is 0.332 e. The van der Waals surface area contributed by atoms with E-state index in [4.69, 9.17) is 14.2 Å². The molecule has 222 valence electrons. The van der Waals surface area contributed by atoms with Crippen molar-refractivity contribution in [3.05, 3.63) is 89.6 Å². The second-order valence-corrected chi connectivity index (χ2v) is 11.2. The van der Waals surface area contributed by atoms with Gasteiger partial charge in [-0.2, -0.15) is 0 Å². The highest BCUT2D eigenvalue weighted by molar-refractivity contribution is 7.21. The van der Waals surface area contributed by atoms with Gasteiger partial charge in [-0.25, -0.2) is 19.7 Å². The van der Waals surface area contributed by atoms with Crippen LogP contribution in [0.15, 0.2) is 79.1 Å². The minimum Gasteiger partial charge on any atom is -0.496 e. The number of urea groups is 1. The normalized spacial score (nSPS) is 14.8. The second kappa shape index (κ2) is 11.9. The summed E-state index contributed by atoms with van der Waals surface area (Å²) in [4.78, 5) is 40.7. The number of nitrogens with zero attached hydrogens (tertiary/aromatic N) is 4. The van der Waals surface area contributed by atoms with E-state index < -0.39 is 6.03 Å². The van der Waals surface area contributed by atoms with Crippen molar-refractivity contribution >= 4 is 56.4 Å². The van der Waals surface area contributed by atoms with Crippen LogP contribution in [0.1, 0.15) is 15.2 Å². The molecule has 0 saturated carbocycles. The zero-order valence-corrected chi connectivity index (χ0v) is 24.6. The van der Waals surface area contributed by atoms with Crippen molar-refractivity contribution in [3.8, 4) is 17.2 Å². The average Bonchev–Trinajstić information content (AvgIpc) is 3.42. The second-order valence-electron chi connectivity index (χ2n) is 10.2. The molecule has 7 rings (SSSR count). The Hall–Kier alpha value is -5.04. The molecule has 2 aliphatic rings. The van der Waals surface area contributed by atoms with Gasteiger partial charge < -0.3 is 24.8 Å². The summed E-state index contributed by atoms with van der Waals surface area (Å²) in [6.07, 6.45) is 1.40. The Balaban J connectivity index is 1.16. The first-order chi connectivity index (χ1) is 21.6. The van der Waals surface area contributed by atoms with Crippen LogP contribution in [-0.2, 0) is 11.3 Å². The monoisotopic (exact) mass is 608 g/mol. The van der Waals surface area contributed by atoms with Crippen LogP contribution in [0.5, 0.6) is 17.2 Å². The van der Waals surface area contributed by atoms with Crippen molar-refractivity contribution in [1.29, 1.82) is 0 Å². The predicted molar refractivity (Wildman–Crippen MR) is 169 cm³/mol. The van der Waals surface area contributed by atoms with Gasteiger partial charge in [-0.3, -0.25) is 9.69 Å². The first-order valence-corrected chi connectivity index (χ1v) is 14.9. The van der Waals surface area contributed by atoms with E-state index in [1.54, 1.807) is 19.2 Å². The molecule has 2 N–H and O–H groups in total. The molecule has 0 spiro atoms. The lowest BCUT2D eigenvalue weighted by Gasteiger charge is -2.27. The molecule has 11 nitrogen and oxygen atoms in total. The van der Waals surface area contributed by atoms with Gasteiger partial charge in [0.25, 0.3) is 5.91 Å². The topological polar surface area (TPSA) is 118 Å². The van der Waals surface area contributed by atoms with Crippen molar-refractivity contribution in [1.82, 2.24) is 14.9 Å². The van der Waals surface area contributed by atoms with Crippen molar-refractivity contribution in [2.45, 2.75) is 6.54 Å². The molecule has 44 heavy (non-hydrogen) atoms. The number of carbonyl (C=O) groups excluding carboxylic acids is 2. The molecular formula is C32H28N6O5S. The highest BCUT2D eigenvalue weighted by atomic mass is 32.1. The molecule has 0 unspecified atom stereocenters. The van der Waals surface area contributed by atoms with Crippen LogP contribution in [0.25, 0.3) is 10.2 Å². The molecule has 5 aromatic rings. The fourth-order valence-electron chi connectivity index (χ4n) is 5.32. The first kappa shape index (κ1) is 27.8. The van der Waals surface area contributed by atoms with Gasteiger partial charge in [0.05, 0.1) is 37.1 Å². The molecule has 2 aliphatic heterocycles. The molecule has 3 aromatic carbocycles. The van der Waals surface area contributed by atoms with E-state index >= 15 is 0 Å². The Morgan fingerprint density at radius 1 is 1.02 bits per heavy atom. The van der Waals surface area contributed by atoms with Gasteiger partial charge in [-0.1, -0.05) is 30.3 Å². The molecule has 3 amide bonds. The van der Waals surface area contributed by atoms with Crippen LogP contribution in [0.3, 0.4) is 0 Å². The Morgan fingerprint density at radius 3 is 2.66 bits per heavy atom. The lowest BCUT2D eigenvalue weighted by Crippen LogP contribution is -2.35. The van der Waals surface area contributed by atoms with Crippen molar-refractivity contribution in [2.24, 2.45) is 0 Å². The van der Waals surface area contributed by atoms with E-state index in [9.17, 15) is 9.59 Å². The van der Waals surface area contributed by atoms with E-state index in [0.717, 1.165) is 25.2 Å². The van der Waals surface area contributed by atoms with Gasteiger partial charge in [0.15, 0.2) is 5.82 Å². The zero-order chi connectivity index (χ0) is 30.0. The number of amides is 3. The number of morpholine rings is 1. The average molecular weight is 609 g/mol. The lowest BCUT2D eigenvalue weighted by atomic mass is 10.1. The number of anilines is 4. The van der Waals surface area contributed by atoms with Gasteiger partial charge in [-0.15, -0.1) is 11.3 Å². The maximum atomic E-state index is 13.6. The van der Waals surface area contributed by atoms with Gasteiger partial charge in [0.2, 0.25) is 0 Å². The van der Waals surface area contributed by atoms with Gasteiger partial charge >= 0.3 is 6.03 Å². The highest BCUT2D eigenvalue weighted by Gasteiger charge is 2.34. The maximum absolute atomic E-state index is 13.6. The number of hydrogen-bond donors (Lipinski definition) is 2. The fourth-order valence-corrected chi connectivity index (χ4v) is 6.30. The molecule has 0 radical (unpaired) electrons. The third-order valence-corrected chi connectivity index (χ3v) is 8.52. The molecule has 4 heterocycles. The van der Waals surface area contributed by atoms with Crippen molar-refractivity contribution in [2.75, 3.05) is 48.9 Å². The molecule has 1 fully saturated rings. The minimum absolute atomic E-state index is 0.326. The fraction of sp³-hybridized carbons (Fsp3) is 0.188. The van der Waals surface area contributed by atoms with E-state index in [0.29, 0.717) is 68.4 Å². The minimum atomic E-state index is -0.448. The number of hydrogen-bond acceptors (Lipinski definition) is 9. The lowest BCUT2D eigenvalue weighted by molar-refractivity contribution is 0.0339. The maximum Gasteiger partial charge on any atom is 0.332 e. The Morgan fingerprint density at radius 2 is 1.84 bits per heavy atom. The largest absolute Gasteiger partial charge is 0.496 e. The van der Waals surface area contributed by atoms with Crippen LogP contribution in [0.4, 0.5) is 27.7 Å². The summed E-state index contributed by atoms with van der Waals surface area (Å²) in [5.74, 6) is 1.94. The summed E-state index contributed by atoms with van der Waals surface area (Å²) in [5.41, 5.74) is 2.54. The van der Waals surface area contributed by atoms with Crippen molar-refractivity contribution < 1.29 is 23.8 Å². The number of carbonyl (C=O) groups is 2. The van der Waals surface area contributed by atoms with E-state index in [1.165, 1.54) is 22.6 Å². The third-order valence-electron chi connectivity index (χ3n) is 7.42. The summed E-state index contributed by atoms with van der Waals surface area (Å²) in [6.45, 7) is 3.87. The molecule has 12 heteroatoms. The summed E-state index contributed by atoms with van der Waals surface area (Å²) in [5, 5.41) is 6.46. The predicted octanol–water partition coefficient (Wildman–Crippen LogP) is 6.26. The van der Waals surface area contributed by atoms with Gasteiger partial charge in [-0.05, 0) is 30.3 Å². The number of thiophene rings is 1. The highest BCUT2D eigenvalue weighted by Crippen LogP contribution is 2.45. The number of methoxy groups -OCH3 is 1. The summed E-state index contributed by atoms with van der Waals surface area (Å²) >= 11 is 1.19. The number of aromatic nitrogens is 2. The summed E-state index contributed by atoms with van der Waals surface area (Å²) in [6, 6.07) is 21.8. The van der Waals surface area contributed by atoms with Gasteiger partial charge in [0.1, 0.15) is 33.3 Å². The van der Waals surface area contributed by atoms with Gasteiger partial charge in [0, 0.05) is 43.0 Å². The summed E-state index contributed by atoms with van der Waals surface area (Å²) in [7, 11) is 1.62. The van der Waals surface area contributed by atoms with Crippen LogP contribution in [0.2, 0.25) is 0 Å². The summed E-state index contributed by atoms with van der Waals surface area (Å²) < 4.78 is 17.1. The molecular weight excluding hydrogens is 580 g/mol. The van der Waals surface area contributed by atoms with E-state index in [1.807, 2.05) is 60.7 Å². The number of benzene rings is 3. The number of nitrogens with one attached hydrogen (secondary N) is 2.